The van der Waals surface area contributed by atoms with Crippen LogP contribution in [-0.4, -0.2) is 5.78 Å². The number of hydrogen-bond donors (Lipinski definition) is 0. The average molecular weight is 284 g/mol. The summed E-state index contributed by atoms with van der Waals surface area (Å²) in [5, 5.41) is 0. The monoisotopic (exact) mass is 284 g/mol. The van der Waals surface area contributed by atoms with Crippen LogP contribution in [0.1, 0.15) is 54.4 Å². The minimum absolute atomic E-state index is 0.0894. The third-order valence-electron chi connectivity index (χ3n) is 4.21. The van der Waals surface area contributed by atoms with Crippen molar-refractivity contribution in [2.24, 2.45) is 5.41 Å². The molecule has 0 saturated carbocycles. The van der Waals surface area contributed by atoms with Gasteiger partial charge in [-0.1, -0.05) is 61.4 Å². The summed E-state index contributed by atoms with van der Waals surface area (Å²) in [5.41, 5.74) is 4.63. The summed E-state index contributed by atoms with van der Waals surface area (Å²) in [5.74, 6) is 0.291. The third-order valence-corrected chi connectivity index (χ3v) is 4.21. The van der Waals surface area contributed by atoms with E-state index >= 15 is 0 Å². The van der Waals surface area contributed by atoms with E-state index in [2.05, 4.69) is 64.2 Å². The van der Waals surface area contributed by atoms with Crippen molar-refractivity contribution in [2.75, 3.05) is 0 Å². The molecule has 0 bridgehead atoms. The van der Waals surface area contributed by atoms with Crippen molar-refractivity contribution >= 4 is 5.78 Å². The van der Waals surface area contributed by atoms with E-state index in [1.54, 1.807) is 0 Å². The molecule has 0 atom stereocenters. The molecule has 0 heterocycles. The van der Waals surface area contributed by atoms with Crippen LogP contribution in [-0.2, 0) is 4.79 Å². The molecule has 0 N–H and O–H groups in total. The molecular formula is C20H28O. The number of ketones is 1. The van der Waals surface area contributed by atoms with Crippen LogP contribution in [0.25, 0.3) is 0 Å². The van der Waals surface area contributed by atoms with E-state index in [-0.39, 0.29) is 5.41 Å². The predicted molar refractivity (Wildman–Crippen MR) is 92.2 cm³/mol. The SMILES string of the molecule is C/C=C(C)/C=C/C=C(C)/C=C/C1=C(C)C(=O)CCC1(C)C. The second kappa shape index (κ2) is 7.40. The summed E-state index contributed by atoms with van der Waals surface area (Å²) >= 11 is 0. The fourth-order valence-corrected chi connectivity index (χ4v) is 2.47. The highest BCUT2D eigenvalue weighted by atomic mass is 16.1. The minimum atomic E-state index is 0.0894. The van der Waals surface area contributed by atoms with Gasteiger partial charge < -0.3 is 0 Å². The Morgan fingerprint density at radius 1 is 1.14 bits per heavy atom. The van der Waals surface area contributed by atoms with Crippen LogP contribution < -0.4 is 0 Å². The first kappa shape index (κ1) is 17.4. The van der Waals surface area contributed by atoms with Crippen LogP contribution in [0.5, 0.6) is 0 Å². The molecule has 0 fully saturated rings. The van der Waals surface area contributed by atoms with Gasteiger partial charge in [-0.15, -0.1) is 0 Å². The lowest BCUT2D eigenvalue weighted by molar-refractivity contribution is -0.116. The standard InChI is InChI=1S/C20H28O/c1-7-15(2)9-8-10-16(3)11-12-18-17(4)19(21)13-14-20(18,5)6/h7-12H,13-14H2,1-6H3/b9-8+,12-11+,15-7+,16-10+. The maximum Gasteiger partial charge on any atom is 0.158 e. The molecule has 1 heteroatoms. The fraction of sp³-hybridized carbons (Fsp3) is 0.450. The van der Waals surface area contributed by atoms with Gasteiger partial charge in [-0.2, -0.15) is 0 Å². The molecule has 1 rings (SSSR count). The van der Waals surface area contributed by atoms with Gasteiger partial charge in [0, 0.05) is 6.42 Å². The normalized spacial score (nSPS) is 21.0. The first-order valence-electron chi connectivity index (χ1n) is 7.68. The third kappa shape index (κ3) is 5.00. The molecule has 0 spiro atoms. The summed E-state index contributed by atoms with van der Waals surface area (Å²) in [6.07, 6.45) is 14.2. The second-order valence-electron chi connectivity index (χ2n) is 6.48. The van der Waals surface area contributed by atoms with Gasteiger partial charge in [-0.3, -0.25) is 4.79 Å². The number of rotatable bonds is 4. The molecule has 114 valence electrons. The van der Waals surface area contributed by atoms with Gasteiger partial charge in [0.25, 0.3) is 0 Å². The first-order chi connectivity index (χ1) is 9.77. The molecule has 0 amide bonds. The van der Waals surface area contributed by atoms with Crippen LogP contribution in [0.4, 0.5) is 0 Å². The van der Waals surface area contributed by atoms with E-state index in [0.717, 1.165) is 12.0 Å². The Balaban J connectivity index is 2.92. The summed E-state index contributed by atoms with van der Waals surface area (Å²) in [6.45, 7) is 12.6. The predicted octanol–water partition coefficient (Wildman–Crippen LogP) is 5.72. The van der Waals surface area contributed by atoms with Crippen molar-refractivity contribution in [2.45, 2.75) is 54.4 Å². The van der Waals surface area contributed by atoms with Gasteiger partial charge >= 0.3 is 0 Å². The molecule has 0 aliphatic heterocycles. The largest absolute Gasteiger partial charge is 0.295 e. The quantitative estimate of drug-likeness (QED) is 0.604. The van der Waals surface area contributed by atoms with E-state index < -0.39 is 0 Å². The molecule has 0 aromatic carbocycles. The molecule has 0 aromatic rings. The first-order valence-corrected chi connectivity index (χ1v) is 7.68. The molecule has 0 unspecified atom stereocenters. The molecular weight excluding hydrogens is 256 g/mol. The van der Waals surface area contributed by atoms with Gasteiger partial charge in [0.1, 0.15) is 0 Å². The van der Waals surface area contributed by atoms with Crippen LogP contribution in [0.2, 0.25) is 0 Å². The Hall–Kier alpha value is -1.63. The van der Waals surface area contributed by atoms with Gasteiger partial charge in [-0.25, -0.2) is 0 Å². The number of carbonyl (C=O) groups is 1. The van der Waals surface area contributed by atoms with Crippen molar-refractivity contribution in [3.05, 3.63) is 58.7 Å². The highest BCUT2D eigenvalue weighted by Crippen LogP contribution is 2.39. The van der Waals surface area contributed by atoms with Crippen LogP contribution in [0.15, 0.2) is 58.7 Å². The number of allylic oxidation sites excluding steroid dienone is 10. The lowest BCUT2D eigenvalue weighted by Gasteiger charge is -2.32. The summed E-state index contributed by atoms with van der Waals surface area (Å²) in [6, 6.07) is 0. The topological polar surface area (TPSA) is 17.1 Å². The number of carbonyl (C=O) groups excluding carboxylic acids is 1. The lowest BCUT2D eigenvalue weighted by Crippen LogP contribution is -2.24. The zero-order valence-electron chi connectivity index (χ0n) is 14.3. The Bertz CT molecular complexity index is 548. The fourth-order valence-electron chi connectivity index (χ4n) is 2.47. The molecule has 0 radical (unpaired) electrons. The Kier molecular flexibility index (Phi) is 6.14. The van der Waals surface area contributed by atoms with Crippen LogP contribution >= 0.6 is 0 Å². The van der Waals surface area contributed by atoms with Crippen molar-refractivity contribution in [3.8, 4) is 0 Å². The van der Waals surface area contributed by atoms with Crippen molar-refractivity contribution in [1.29, 1.82) is 0 Å². The number of hydrogen-bond acceptors (Lipinski definition) is 1. The zero-order valence-corrected chi connectivity index (χ0v) is 14.3. The molecule has 21 heavy (non-hydrogen) atoms. The Labute approximate surface area is 129 Å². The van der Waals surface area contributed by atoms with E-state index in [1.165, 1.54) is 16.7 Å². The summed E-state index contributed by atoms with van der Waals surface area (Å²) in [4.78, 5) is 11.9. The van der Waals surface area contributed by atoms with E-state index in [0.29, 0.717) is 12.2 Å². The van der Waals surface area contributed by atoms with E-state index in [1.807, 2.05) is 13.8 Å². The lowest BCUT2D eigenvalue weighted by atomic mass is 9.72. The van der Waals surface area contributed by atoms with E-state index in [4.69, 9.17) is 0 Å². The zero-order chi connectivity index (χ0) is 16.0. The Morgan fingerprint density at radius 3 is 2.43 bits per heavy atom. The smallest absolute Gasteiger partial charge is 0.158 e. The highest BCUT2D eigenvalue weighted by molar-refractivity contribution is 5.97. The molecule has 1 aliphatic rings. The Morgan fingerprint density at radius 2 is 1.81 bits per heavy atom. The molecule has 0 aromatic heterocycles. The molecule has 0 saturated heterocycles. The van der Waals surface area contributed by atoms with Gasteiger partial charge in [0.15, 0.2) is 5.78 Å². The van der Waals surface area contributed by atoms with E-state index in [9.17, 15) is 4.79 Å². The molecule has 1 nitrogen and oxygen atoms in total. The van der Waals surface area contributed by atoms with Gasteiger partial charge in [0.2, 0.25) is 0 Å². The maximum atomic E-state index is 11.9. The van der Waals surface area contributed by atoms with Crippen LogP contribution in [0.3, 0.4) is 0 Å². The maximum absolute atomic E-state index is 11.9. The average Bonchev–Trinajstić information content (AvgIpc) is 2.43. The van der Waals surface area contributed by atoms with Gasteiger partial charge in [-0.05, 0) is 50.7 Å². The number of Topliss-reactive ketones (excluding diaryl/α,β-unsaturated/α-hetero) is 1. The summed E-state index contributed by atoms with van der Waals surface area (Å²) in [7, 11) is 0. The van der Waals surface area contributed by atoms with Gasteiger partial charge in [0.05, 0.1) is 0 Å². The van der Waals surface area contributed by atoms with Crippen molar-refractivity contribution in [1.82, 2.24) is 0 Å². The van der Waals surface area contributed by atoms with Crippen molar-refractivity contribution < 1.29 is 4.79 Å². The second-order valence-corrected chi connectivity index (χ2v) is 6.48. The van der Waals surface area contributed by atoms with Crippen molar-refractivity contribution in [3.63, 3.8) is 0 Å². The highest BCUT2D eigenvalue weighted by Gasteiger charge is 2.30. The molecule has 1 aliphatic carbocycles. The summed E-state index contributed by atoms with van der Waals surface area (Å²) < 4.78 is 0. The minimum Gasteiger partial charge on any atom is -0.295 e. The van der Waals surface area contributed by atoms with Crippen LogP contribution in [0, 0.1) is 5.41 Å².